The quantitative estimate of drug-likeness (QED) is 0.242. The number of ether oxygens (including phenoxy) is 3. The van der Waals surface area contributed by atoms with Gasteiger partial charge in [0.1, 0.15) is 42.8 Å². The number of nitrogens with zero attached hydrogens (tertiary/aromatic N) is 8. The summed E-state index contributed by atoms with van der Waals surface area (Å²) in [5, 5.41) is 30.4. The van der Waals surface area contributed by atoms with Crippen LogP contribution in [0.5, 0.6) is 5.75 Å². The van der Waals surface area contributed by atoms with E-state index in [0.717, 1.165) is 6.42 Å². The highest BCUT2D eigenvalue weighted by atomic mass is 16.7. The van der Waals surface area contributed by atoms with Crippen LogP contribution in [-0.2, 0) is 30.5 Å². The Bertz CT molecular complexity index is 1890. The predicted octanol–water partition coefficient (Wildman–Crippen LogP) is 0.735. The average molecular weight is 767 g/mol. The molecule has 19 nitrogen and oxygen atoms in total. The number of carbonyl (C=O) groups excluding carboxylic acids is 5. The molecule has 0 spiro atoms. The molecule has 5 rings (SSSR count). The van der Waals surface area contributed by atoms with Crippen molar-refractivity contribution in [3.05, 3.63) is 59.3 Å². The Kier molecular flexibility index (Phi) is 14.6. The van der Waals surface area contributed by atoms with E-state index in [0.29, 0.717) is 46.8 Å². The second kappa shape index (κ2) is 19.1. The summed E-state index contributed by atoms with van der Waals surface area (Å²) in [7, 11) is 5.12. The van der Waals surface area contributed by atoms with Gasteiger partial charge in [-0.25, -0.2) is 26.1 Å². The zero-order chi connectivity index (χ0) is 40.4. The molecule has 2 aliphatic heterocycles. The molecule has 3 amide bonds. The number of piperidine rings is 1. The molecule has 3 N–H and O–H groups in total. The highest BCUT2D eigenvalue weighted by Gasteiger charge is 2.39. The Morgan fingerprint density at radius 2 is 1.78 bits per heavy atom. The molecule has 2 aliphatic rings. The monoisotopic (exact) mass is 766 g/mol. The number of aliphatic hydroxyl groups excluding tert-OH is 3. The third-order valence-corrected chi connectivity index (χ3v) is 9.69. The number of fused-ring (bicyclic) bond motifs is 1. The first kappa shape index (κ1) is 42.1. The lowest BCUT2D eigenvalue weighted by Gasteiger charge is -2.41. The van der Waals surface area contributed by atoms with Gasteiger partial charge in [-0.05, 0) is 48.6 Å². The van der Waals surface area contributed by atoms with E-state index in [-0.39, 0.29) is 62.9 Å². The predicted molar refractivity (Wildman–Crippen MR) is 192 cm³/mol. The average Bonchev–Trinajstić information content (AvgIpc) is 3.61. The molecule has 55 heavy (non-hydrogen) atoms. The van der Waals surface area contributed by atoms with Crippen molar-refractivity contribution in [2.45, 2.75) is 57.5 Å². The van der Waals surface area contributed by atoms with Crippen LogP contribution in [0.15, 0.2) is 36.8 Å². The van der Waals surface area contributed by atoms with Gasteiger partial charge < -0.3 is 54.0 Å². The summed E-state index contributed by atoms with van der Waals surface area (Å²) >= 11 is 0. The van der Waals surface area contributed by atoms with E-state index < -0.39 is 30.7 Å². The van der Waals surface area contributed by atoms with Gasteiger partial charge in [0.2, 0.25) is 6.29 Å². The van der Waals surface area contributed by atoms with Crippen molar-refractivity contribution in [2.75, 3.05) is 65.4 Å². The third-order valence-electron chi connectivity index (χ3n) is 9.69. The number of rotatable bonds is 10. The number of hydrogen-bond acceptors (Lipinski definition) is 14. The summed E-state index contributed by atoms with van der Waals surface area (Å²) in [5.74, 6) is 1.11. The minimum Gasteiger partial charge on any atom is -0.462 e. The van der Waals surface area contributed by atoms with Crippen molar-refractivity contribution in [1.29, 1.82) is 0 Å². The summed E-state index contributed by atoms with van der Waals surface area (Å²) in [6.07, 6.45) is -1.66. The zero-order valence-corrected chi connectivity index (χ0v) is 31.3. The smallest absolute Gasteiger partial charge is 0.409 e. The number of benzene rings is 1. The van der Waals surface area contributed by atoms with Gasteiger partial charge in [0.15, 0.2) is 5.65 Å². The first-order valence-corrected chi connectivity index (χ1v) is 17.4. The number of aliphatic hydroxyl groups is 3. The standard InChI is InChI=1S/C35H46N8O9.CO2/c1-21-9-11-42(28(45)16-36-3)17-25(21)41(6)31-24-10-12-43(32(24)38-20-37-31)34(48)39(4)13-14-40(5)35(49)51-18-23-7-8-27(22(2)15-23)52-33-30(47)29(46)26(44)19-50-33;2-1-3/h7-8,10,12,15,20-21,25-26,29-30,33,44,46-47H,9,11,13-14,16-19H2,1-2,4-6H3;/t21-,25+,26-,29+,30-,33+;/m1./s1. The summed E-state index contributed by atoms with van der Waals surface area (Å²) in [5.41, 5.74) is 1.80. The van der Waals surface area contributed by atoms with Gasteiger partial charge in [0.05, 0.1) is 18.0 Å². The van der Waals surface area contributed by atoms with Crippen molar-refractivity contribution in [3.63, 3.8) is 0 Å². The maximum absolute atomic E-state index is 13.5. The second-order valence-corrected chi connectivity index (χ2v) is 13.5. The van der Waals surface area contributed by atoms with Crippen molar-refractivity contribution in [3.8, 4) is 5.75 Å². The van der Waals surface area contributed by atoms with Gasteiger partial charge in [-0.15, -0.1) is 0 Å². The molecule has 0 aliphatic carbocycles. The fourth-order valence-electron chi connectivity index (χ4n) is 6.35. The zero-order valence-electron chi connectivity index (χ0n) is 31.3. The number of hydrogen-bond donors (Lipinski definition) is 3. The minimum atomic E-state index is -1.43. The molecular weight excluding hydrogens is 720 g/mol. The Morgan fingerprint density at radius 1 is 1.07 bits per heavy atom. The first-order chi connectivity index (χ1) is 26.2. The van der Waals surface area contributed by atoms with Crippen LogP contribution in [0.3, 0.4) is 0 Å². The van der Waals surface area contributed by atoms with Crippen LogP contribution >= 0.6 is 0 Å². The number of aryl methyl sites for hydroxylation is 1. The summed E-state index contributed by atoms with van der Waals surface area (Å²) < 4.78 is 17.9. The third kappa shape index (κ3) is 10.1. The Balaban J connectivity index is 0.00000217. The van der Waals surface area contributed by atoms with Gasteiger partial charge in [0.25, 0.3) is 6.54 Å². The van der Waals surface area contributed by atoms with E-state index in [4.69, 9.17) is 30.4 Å². The second-order valence-electron chi connectivity index (χ2n) is 13.5. The normalized spacial score (nSPS) is 22.0. The lowest BCUT2D eigenvalue weighted by Crippen LogP contribution is -2.54. The lowest BCUT2D eigenvalue weighted by molar-refractivity contribution is -0.242. The fourth-order valence-corrected chi connectivity index (χ4v) is 6.35. The molecule has 296 valence electrons. The molecular formula is C36H46N8O11. The maximum Gasteiger partial charge on any atom is 0.409 e. The number of anilines is 1. The van der Waals surface area contributed by atoms with Crippen LogP contribution in [0.1, 0.15) is 24.5 Å². The SMILES string of the molecule is O=C=O.[C-]#[N+]CC(=O)N1CC[C@@H](C)[C@@H](N(C)c2ncnc3c2ccn3C(=O)N(C)CCN(C)C(=O)OCc2ccc(O[C@@H]3OC[C@@H](O)[C@H](O)[C@H]3O)c(C)c2)C1. The van der Waals surface area contributed by atoms with Crippen LogP contribution in [0.25, 0.3) is 15.9 Å². The van der Waals surface area contributed by atoms with E-state index in [9.17, 15) is 29.7 Å². The molecule has 2 aromatic heterocycles. The molecule has 0 saturated carbocycles. The largest absolute Gasteiger partial charge is 0.462 e. The summed E-state index contributed by atoms with van der Waals surface area (Å²) in [6, 6.07) is 6.49. The summed E-state index contributed by atoms with van der Waals surface area (Å²) in [4.78, 5) is 73.8. The number of likely N-dealkylation sites (tertiary alicyclic amines) is 1. The molecule has 3 aromatic rings. The van der Waals surface area contributed by atoms with Crippen LogP contribution < -0.4 is 9.64 Å². The topological polar surface area (TPSA) is 222 Å². The van der Waals surface area contributed by atoms with E-state index in [2.05, 4.69) is 21.7 Å². The molecule has 4 heterocycles. The Hall–Kier alpha value is -5.64. The van der Waals surface area contributed by atoms with Crippen molar-refractivity contribution < 1.29 is 53.5 Å². The van der Waals surface area contributed by atoms with Gasteiger partial charge in [-0.3, -0.25) is 9.36 Å². The van der Waals surface area contributed by atoms with Gasteiger partial charge in [0, 0.05) is 53.5 Å². The van der Waals surface area contributed by atoms with E-state index in [1.54, 1.807) is 56.4 Å². The van der Waals surface area contributed by atoms with Crippen LogP contribution in [0.2, 0.25) is 0 Å². The highest BCUT2D eigenvalue weighted by molar-refractivity contribution is 5.95. The fraction of sp³-hybridized carbons (Fsp3) is 0.528. The van der Waals surface area contributed by atoms with Crippen LogP contribution in [0.4, 0.5) is 15.4 Å². The van der Waals surface area contributed by atoms with Crippen molar-refractivity contribution in [1.82, 2.24) is 29.2 Å². The molecule has 2 saturated heterocycles. The van der Waals surface area contributed by atoms with E-state index >= 15 is 0 Å². The van der Waals surface area contributed by atoms with Crippen molar-refractivity contribution in [2.24, 2.45) is 5.92 Å². The number of carbonyl (C=O) groups is 3. The lowest BCUT2D eigenvalue weighted by atomic mass is 9.92. The first-order valence-electron chi connectivity index (χ1n) is 17.4. The van der Waals surface area contributed by atoms with E-state index in [1.807, 2.05) is 11.9 Å². The molecule has 19 heteroatoms. The summed E-state index contributed by atoms with van der Waals surface area (Å²) in [6.45, 7) is 12.1. The van der Waals surface area contributed by atoms with Crippen LogP contribution in [0, 0.1) is 19.4 Å². The number of likely N-dealkylation sites (N-methyl/N-ethyl adjacent to an activating group) is 3. The number of aromatic nitrogens is 3. The molecule has 2 fully saturated rings. The molecule has 0 radical (unpaired) electrons. The minimum absolute atomic E-state index is 0.0205. The Labute approximate surface area is 317 Å². The Morgan fingerprint density at radius 3 is 2.47 bits per heavy atom. The van der Waals surface area contributed by atoms with Crippen molar-refractivity contribution >= 4 is 41.0 Å². The van der Waals surface area contributed by atoms with Crippen LogP contribution in [-0.4, -0.2) is 160 Å². The molecule has 0 bridgehead atoms. The van der Waals surface area contributed by atoms with E-state index in [1.165, 1.54) is 20.7 Å². The molecule has 1 aromatic carbocycles. The molecule has 6 atom stereocenters. The highest BCUT2D eigenvalue weighted by Crippen LogP contribution is 2.30. The number of amides is 3. The van der Waals surface area contributed by atoms with Gasteiger partial charge >= 0.3 is 24.2 Å². The maximum atomic E-state index is 13.5. The van der Waals surface area contributed by atoms with Gasteiger partial charge in [-0.1, -0.05) is 13.0 Å². The van der Waals surface area contributed by atoms with Gasteiger partial charge in [-0.2, -0.15) is 9.59 Å². The molecule has 0 unspecified atom stereocenters.